The van der Waals surface area contributed by atoms with Crippen molar-refractivity contribution in [2.45, 2.75) is 13.5 Å². The molecule has 0 radical (unpaired) electrons. The number of nitrogens with zero attached hydrogens (tertiary/aromatic N) is 3. The molecule has 0 bridgehead atoms. The number of carbonyl (C=O) groups excluding carboxylic acids is 2. The molecule has 2 N–H and O–H groups in total. The largest absolute Gasteiger partial charge is 0.503 e. The molecule has 8 nitrogen and oxygen atoms in total. The van der Waals surface area contributed by atoms with Crippen molar-refractivity contribution in [3.8, 4) is 0 Å². The second-order valence-corrected chi connectivity index (χ2v) is 6.36. The lowest BCUT2D eigenvalue weighted by atomic mass is 10.2. The maximum Gasteiger partial charge on any atom is 0.289 e. The van der Waals surface area contributed by atoms with Gasteiger partial charge in [-0.1, -0.05) is 19.1 Å². The second-order valence-electron chi connectivity index (χ2n) is 6.36. The van der Waals surface area contributed by atoms with Gasteiger partial charge in [0.2, 0.25) is 0 Å². The summed E-state index contributed by atoms with van der Waals surface area (Å²) < 4.78 is 13.0. The normalized spacial score (nSPS) is 14.3. The highest BCUT2D eigenvalue weighted by molar-refractivity contribution is 6.06. The Kier molecular flexibility index (Phi) is 7.91. The van der Waals surface area contributed by atoms with Gasteiger partial charge in [0, 0.05) is 19.6 Å². The van der Waals surface area contributed by atoms with E-state index in [9.17, 15) is 19.1 Å². The minimum absolute atomic E-state index is 0.0151. The Morgan fingerprint density at radius 1 is 1.29 bits per heavy atom. The summed E-state index contributed by atoms with van der Waals surface area (Å²) >= 11 is 0. The van der Waals surface area contributed by atoms with E-state index in [0.717, 1.165) is 5.06 Å². The highest BCUT2D eigenvalue weighted by Gasteiger charge is 2.36. The Bertz CT molecular complexity index is 723. The highest BCUT2D eigenvalue weighted by Crippen LogP contribution is 2.20. The summed E-state index contributed by atoms with van der Waals surface area (Å²) in [6.45, 7) is 4.00. The van der Waals surface area contributed by atoms with Crippen LogP contribution in [0.3, 0.4) is 0 Å². The van der Waals surface area contributed by atoms with E-state index < -0.39 is 23.4 Å². The first-order valence-corrected chi connectivity index (χ1v) is 9.06. The van der Waals surface area contributed by atoms with Gasteiger partial charge in [0.05, 0.1) is 32.4 Å². The molecule has 154 valence electrons. The van der Waals surface area contributed by atoms with Gasteiger partial charge in [-0.25, -0.2) is 9.45 Å². The summed E-state index contributed by atoms with van der Waals surface area (Å²) in [6.07, 6.45) is 0. The van der Waals surface area contributed by atoms with Crippen LogP contribution in [0.2, 0.25) is 0 Å². The van der Waals surface area contributed by atoms with Gasteiger partial charge in [0.1, 0.15) is 5.82 Å². The standard InChI is InChI=1S/C19H26FN3O5/c1-3-21(10-11-24)8-9-22-13-16(17(25)19(22)27)18(26)23(28-2)12-14-4-6-15(20)7-5-14/h4-7,24-25H,3,8-13H2,1-2H3. The van der Waals surface area contributed by atoms with Gasteiger partial charge in [-0.05, 0) is 24.2 Å². The summed E-state index contributed by atoms with van der Waals surface area (Å²) in [5.41, 5.74) is 0.597. The predicted octanol–water partition coefficient (Wildman–Crippen LogP) is 0.684. The van der Waals surface area contributed by atoms with Crippen LogP contribution in [0.4, 0.5) is 4.39 Å². The molecule has 2 amide bonds. The molecule has 1 aromatic carbocycles. The zero-order valence-corrected chi connectivity index (χ0v) is 16.1. The smallest absolute Gasteiger partial charge is 0.289 e. The summed E-state index contributed by atoms with van der Waals surface area (Å²) in [5.74, 6) is -2.21. The summed E-state index contributed by atoms with van der Waals surface area (Å²) in [6, 6.07) is 5.60. The Morgan fingerprint density at radius 3 is 2.54 bits per heavy atom. The lowest BCUT2D eigenvalue weighted by Gasteiger charge is -2.24. The van der Waals surface area contributed by atoms with E-state index in [1.807, 2.05) is 11.8 Å². The molecule has 1 aliphatic heterocycles. The van der Waals surface area contributed by atoms with Crippen molar-refractivity contribution >= 4 is 11.8 Å². The topological polar surface area (TPSA) is 93.6 Å². The van der Waals surface area contributed by atoms with E-state index in [2.05, 4.69) is 0 Å². The van der Waals surface area contributed by atoms with Crippen molar-refractivity contribution in [2.24, 2.45) is 0 Å². The second kappa shape index (κ2) is 10.2. The van der Waals surface area contributed by atoms with E-state index >= 15 is 0 Å². The van der Waals surface area contributed by atoms with Gasteiger partial charge >= 0.3 is 0 Å². The van der Waals surface area contributed by atoms with E-state index in [1.54, 1.807) is 0 Å². The number of likely N-dealkylation sites (N-methyl/N-ethyl adjacent to an activating group) is 1. The molecule has 0 atom stereocenters. The number of rotatable bonds is 10. The van der Waals surface area contributed by atoms with Gasteiger partial charge in [0.15, 0.2) is 5.76 Å². The first-order valence-electron chi connectivity index (χ1n) is 9.06. The van der Waals surface area contributed by atoms with Crippen molar-refractivity contribution in [1.29, 1.82) is 0 Å². The number of amides is 2. The number of hydrogen-bond donors (Lipinski definition) is 2. The van der Waals surface area contributed by atoms with Crippen LogP contribution in [0.25, 0.3) is 0 Å². The van der Waals surface area contributed by atoms with Crippen LogP contribution in [-0.2, 0) is 21.0 Å². The minimum Gasteiger partial charge on any atom is -0.503 e. The molecule has 1 aliphatic rings. The van der Waals surface area contributed by atoms with Crippen LogP contribution < -0.4 is 0 Å². The first-order chi connectivity index (χ1) is 13.4. The molecule has 0 spiro atoms. The van der Waals surface area contributed by atoms with E-state index in [4.69, 9.17) is 9.94 Å². The lowest BCUT2D eigenvalue weighted by Crippen LogP contribution is -2.38. The number of hydrogen-bond acceptors (Lipinski definition) is 6. The van der Waals surface area contributed by atoms with Crippen molar-refractivity contribution < 1.29 is 29.0 Å². The number of aliphatic hydroxyl groups excluding tert-OH is 2. The van der Waals surface area contributed by atoms with E-state index in [1.165, 1.54) is 36.3 Å². The molecule has 0 aromatic heterocycles. The summed E-state index contributed by atoms with van der Waals surface area (Å²) in [4.78, 5) is 33.5. The number of halogens is 1. The van der Waals surface area contributed by atoms with E-state index in [0.29, 0.717) is 31.7 Å². The SMILES string of the molecule is CCN(CCO)CCN1CC(C(=O)N(Cc2ccc(F)cc2)OC)=C(O)C1=O. The van der Waals surface area contributed by atoms with Gasteiger partial charge in [-0.3, -0.25) is 19.3 Å². The quantitative estimate of drug-likeness (QED) is 0.566. The third-order valence-corrected chi connectivity index (χ3v) is 4.62. The lowest BCUT2D eigenvalue weighted by molar-refractivity contribution is -0.174. The zero-order valence-electron chi connectivity index (χ0n) is 16.1. The Balaban J connectivity index is 2.02. The maximum absolute atomic E-state index is 13.0. The number of aliphatic hydroxyl groups is 2. The minimum atomic E-state index is -0.622. The molecule has 28 heavy (non-hydrogen) atoms. The molecule has 0 saturated heterocycles. The molecule has 0 saturated carbocycles. The van der Waals surface area contributed by atoms with Crippen LogP contribution in [-0.4, -0.2) is 83.3 Å². The van der Waals surface area contributed by atoms with Gasteiger partial charge < -0.3 is 15.1 Å². The molecule has 9 heteroatoms. The fourth-order valence-corrected chi connectivity index (χ4v) is 2.92. The average molecular weight is 395 g/mol. The van der Waals surface area contributed by atoms with Crippen molar-refractivity contribution in [3.63, 3.8) is 0 Å². The predicted molar refractivity (Wildman–Crippen MR) is 99.4 cm³/mol. The Morgan fingerprint density at radius 2 is 1.96 bits per heavy atom. The van der Waals surface area contributed by atoms with Gasteiger partial charge in [-0.15, -0.1) is 0 Å². The van der Waals surface area contributed by atoms with Crippen LogP contribution in [0, 0.1) is 5.82 Å². The van der Waals surface area contributed by atoms with Crippen molar-refractivity contribution in [2.75, 3.05) is 46.4 Å². The van der Waals surface area contributed by atoms with Crippen LogP contribution in [0.15, 0.2) is 35.6 Å². The third-order valence-electron chi connectivity index (χ3n) is 4.62. The fourth-order valence-electron chi connectivity index (χ4n) is 2.92. The van der Waals surface area contributed by atoms with Crippen molar-refractivity contribution in [1.82, 2.24) is 14.9 Å². The number of carbonyl (C=O) groups is 2. The molecule has 0 fully saturated rings. The summed E-state index contributed by atoms with van der Waals surface area (Å²) in [7, 11) is 1.31. The Hall–Kier alpha value is -2.49. The molecular weight excluding hydrogens is 369 g/mol. The molecule has 2 rings (SSSR count). The van der Waals surface area contributed by atoms with Gasteiger partial charge in [0.25, 0.3) is 11.8 Å². The zero-order chi connectivity index (χ0) is 20.7. The molecule has 0 unspecified atom stereocenters. The number of benzene rings is 1. The monoisotopic (exact) mass is 395 g/mol. The first kappa shape index (κ1) is 21.8. The molecule has 1 heterocycles. The van der Waals surface area contributed by atoms with E-state index in [-0.39, 0.29) is 25.3 Å². The highest BCUT2D eigenvalue weighted by atomic mass is 19.1. The van der Waals surface area contributed by atoms with Gasteiger partial charge in [-0.2, -0.15) is 0 Å². The van der Waals surface area contributed by atoms with Crippen LogP contribution in [0.5, 0.6) is 0 Å². The number of hydroxylamine groups is 2. The molecule has 1 aromatic rings. The molecule has 0 aliphatic carbocycles. The summed E-state index contributed by atoms with van der Waals surface area (Å²) in [5, 5.41) is 20.2. The van der Waals surface area contributed by atoms with Crippen LogP contribution in [0.1, 0.15) is 12.5 Å². The fraction of sp³-hybridized carbons (Fsp3) is 0.474. The van der Waals surface area contributed by atoms with Crippen molar-refractivity contribution in [3.05, 3.63) is 47.0 Å². The maximum atomic E-state index is 13.0. The third kappa shape index (κ3) is 5.28. The molecular formula is C19H26FN3O5. The average Bonchev–Trinajstić information content (AvgIpc) is 2.98. The Labute approximate surface area is 163 Å². The van der Waals surface area contributed by atoms with Crippen LogP contribution >= 0.6 is 0 Å².